The molecule has 0 atom stereocenters. The van der Waals surface area contributed by atoms with Gasteiger partial charge in [-0.3, -0.25) is 36.6 Å². The van der Waals surface area contributed by atoms with E-state index in [1.54, 1.807) is 0 Å². The Kier molecular flexibility index (Phi) is 2.61. The minimum absolute atomic E-state index is 0.287. The van der Waals surface area contributed by atoms with Gasteiger partial charge in [-0.05, 0) is 6.07 Å². The predicted molar refractivity (Wildman–Crippen MR) is 82.6 cm³/mol. The van der Waals surface area contributed by atoms with Gasteiger partial charge in [0, 0.05) is 0 Å². The zero-order valence-electron chi connectivity index (χ0n) is 13.3. The molecule has 0 saturated carbocycles. The van der Waals surface area contributed by atoms with Crippen LogP contribution in [0.2, 0.25) is 0 Å². The van der Waals surface area contributed by atoms with E-state index in [4.69, 9.17) is 36.6 Å². The summed E-state index contributed by atoms with van der Waals surface area (Å²) in [6.07, 6.45) is 0. The quantitative estimate of drug-likeness (QED) is 0.388. The van der Waals surface area contributed by atoms with Gasteiger partial charge in [0.2, 0.25) is 22.3 Å². The molecule has 14 heteroatoms. The maximum Gasteiger partial charge on any atom is 0.394 e. The summed E-state index contributed by atoms with van der Waals surface area (Å²) in [5.74, 6) is -1.55. The summed E-state index contributed by atoms with van der Waals surface area (Å²) in [7, 11) is 0. The molecular weight excluding hydrogens is 404 g/mol. The lowest BCUT2D eigenvalue weighted by atomic mass is 10.1. The average Bonchev–Trinajstić information content (AvgIpc) is 3.07. The van der Waals surface area contributed by atoms with Crippen LogP contribution in [0, 0.1) is 0 Å². The minimum atomic E-state index is -1.55. The van der Waals surface area contributed by atoms with Crippen LogP contribution in [-0.2, 0) is 0 Å². The Hall–Kier alpha value is -4.75. The van der Waals surface area contributed by atoms with Crippen molar-refractivity contribution in [3.05, 3.63) is 32.5 Å². The summed E-state index contributed by atoms with van der Waals surface area (Å²) < 4.78 is 49.8. The van der Waals surface area contributed by atoms with E-state index in [1.165, 1.54) is 0 Å². The van der Waals surface area contributed by atoms with Crippen molar-refractivity contribution in [3.8, 4) is 0 Å². The second kappa shape index (κ2) is 4.94. The Morgan fingerprint density at radius 3 is 1.66 bits per heavy atom. The lowest BCUT2D eigenvalue weighted by Gasteiger charge is -1.97. The molecule has 8 bridgehead atoms. The van der Waals surface area contributed by atoms with Gasteiger partial charge in [-0.1, -0.05) is 0 Å². The van der Waals surface area contributed by atoms with Crippen molar-refractivity contribution in [1.29, 1.82) is 0 Å². The van der Waals surface area contributed by atoms with Crippen LogP contribution in [0.3, 0.4) is 0 Å². The highest BCUT2D eigenvalue weighted by atomic mass is 17.0. The second-order valence-electron chi connectivity index (χ2n) is 5.69. The van der Waals surface area contributed by atoms with Gasteiger partial charge in [-0.2, -0.15) is 0 Å². The largest absolute Gasteiger partial charge is 0.478 e. The first-order valence-corrected chi connectivity index (χ1v) is 7.54. The van der Waals surface area contributed by atoms with Crippen molar-refractivity contribution in [2.75, 3.05) is 0 Å². The van der Waals surface area contributed by atoms with Crippen LogP contribution in [0.4, 0.5) is 0 Å². The van der Waals surface area contributed by atoms with E-state index in [0.29, 0.717) is 0 Å². The second-order valence-corrected chi connectivity index (χ2v) is 5.69. The zero-order valence-corrected chi connectivity index (χ0v) is 13.3. The highest BCUT2D eigenvalue weighted by Gasteiger charge is 2.29. The molecule has 14 nitrogen and oxygen atoms in total. The molecule has 4 heterocycles. The van der Waals surface area contributed by atoms with Gasteiger partial charge in [-0.15, -0.1) is 0 Å². The fourth-order valence-corrected chi connectivity index (χ4v) is 2.88. The molecule has 0 aliphatic carbocycles. The van der Waals surface area contributed by atoms with Gasteiger partial charge >= 0.3 is 17.2 Å². The smallest absolute Gasteiger partial charge is 0.394 e. The number of carboxylic acids is 1. The SMILES string of the molecule is O=C(O)c1cc2c(=O)ooc(=O)c3c4ooc5c1ooc1c4ooc1c3ooc25. The van der Waals surface area contributed by atoms with Crippen molar-refractivity contribution >= 4 is 61.4 Å². The molecule has 146 valence electrons. The Morgan fingerprint density at radius 2 is 1.03 bits per heavy atom. The minimum Gasteiger partial charge on any atom is -0.478 e. The zero-order chi connectivity index (χ0) is 19.9. The van der Waals surface area contributed by atoms with E-state index in [1.807, 2.05) is 0 Å². The number of aromatic carboxylic acids is 1. The summed E-state index contributed by atoms with van der Waals surface area (Å²) in [5.41, 5.74) is -6.75. The molecule has 0 saturated heterocycles. The van der Waals surface area contributed by atoms with Crippen LogP contribution in [0.25, 0.3) is 55.4 Å². The Bertz CT molecular complexity index is 1780. The summed E-state index contributed by atoms with van der Waals surface area (Å²) in [6, 6.07) is 0.804. The molecule has 0 amide bonds. The van der Waals surface area contributed by atoms with Crippen molar-refractivity contribution in [2.45, 2.75) is 0 Å². The summed E-state index contributed by atoms with van der Waals surface area (Å²) >= 11 is 0. The monoisotopic (exact) mass is 406 g/mol. The van der Waals surface area contributed by atoms with E-state index in [9.17, 15) is 19.5 Å². The molecule has 1 N–H and O–H groups in total. The van der Waals surface area contributed by atoms with Gasteiger partial charge in [0.15, 0.2) is 5.39 Å². The molecule has 0 fully saturated rings. The maximum absolute atomic E-state index is 12.5. The molecule has 6 aromatic rings. The fourth-order valence-electron chi connectivity index (χ4n) is 2.88. The fraction of sp³-hybridized carbons (Fsp3) is 0. The Balaban J connectivity index is 2.22. The first kappa shape index (κ1) is 15.3. The highest BCUT2D eigenvalue weighted by molar-refractivity contribution is 6.15. The standard InChI is InChI=1S/C15H2O14/c16-13(17)2-1-3-6-9-5(2)20-27-12-10-7(22-21-6)4(15(19)29-28-14(3)18)8(23-24-9)11(12)26-25-10/h1H,(H,16,17). The van der Waals surface area contributed by atoms with Crippen molar-refractivity contribution in [1.82, 2.24) is 0 Å². The van der Waals surface area contributed by atoms with Gasteiger partial charge in [0.1, 0.15) is 10.9 Å². The van der Waals surface area contributed by atoms with Crippen LogP contribution >= 0.6 is 0 Å². The van der Waals surface area contributed by atoms with Crippen molar-refractivity contribution in [3.63, 3.8) is 0 Å². The van der Waals surface area contributed by atoms with E-state index >= 15 is 0 Å². The Morgan fingerprint density at radius 1 is 0.586 bits per heavy atom. The van der Waals surface area contributed by atoms with Crippen LogP contribution in [0.1, 0.15) is 10.4 Å². The van der Waals surface area contributed by atoms with Crippen LogP contribution in [-0.4, -0.2) is 11.1 Å². The third kappa shape index (κ3) is 1.81. The molecule has 0 unspecified atom stereocenters. The number of benzene rings is 2. The van der Waals surface area contributed by atoms with Crippen LogP contribution in [0.15, 0.2) is 61.4 Å². The maximum atomic E-state index is 12.5. The van der Waals surface area contributed by atoms with Gasteiger partial charge in [0.25, 0.3) is 22.3 Å². The number of hydrogen-bond donors (Lipinski definition) is 1. The first-order valence-electron chi connectivity index (χ1n) is 7.54. The van der Waals surface area contributed by atoms with Gasteiger partial charge in [-0.25, -0.2) is 23.5 Å². The summed E-state index contributed by atoms with van der Waals surface area (Å²) in [6.45, 7) is 0. The van der Waals surface area contributed by atoms with E-state index < -0.39 is 61.5 Å². The summed E-state index contributed by atoms with van der Waals surface area (Å²) in [4.78, 5) is 36.6. The molecular formula is C15H2O14. The van der Waals surface area contributed by atoms with Gasteiger partial charge in [0.05, 0.1) is 0 Å². The van der Waals surface area contributed by atoms with Crippen molar-refractivity contribution < 1.29 is 55.7 Å². The van der Waals surface area contributed by atoms with Crippen LogP contribution in [0.5, 0.6) is 0 Å². The number of fused-ring (bicyclic) bond motifs is 2. The third-order valence-electron chi connectivity index (χ3n) is 4.15. The topological polar surface area (TPSA) is 203 Å². The lowest BCUT2D eigenvalue weighted by molar-refractivity contribution is 0.0231. The molecule has 4 aromatic heterocycles. The molecule has 0 aliphatic heterocycles. The molecule has 29 heavy (non-hydrogen) atoms. The summed E-state index contributed by atoms with van der Waals surface area (Å²) in [5, 5.41) is 8.45. The molecule has 0 spiro atoms. The number of carbonyl (C=O) groups is 1. The van der Waals surface area contributed by atoms with Gasteiger partial charge < -0.3 is 5.11 Å². The normalized spacial score (nSPS) is 12.0. The lowest BCUT2D eigenvalue weighted by Crippen LogP contribution is -2.04. The first-order chi connectivity index (χ1) is 14.0. The molecule has 0 radical (unpaired) electrons. The highest BCUT2D eigenvalue weighted by Crippen LogP contribution is 2.37. The van der Waals surface area contributed by atoms with Crippen LogP contribution < -0.4 is 11.3 Å². The van der Waals surface area contributed by atoms with Crippen molar-refractivity contribution in [2.24, 2.45) is 0 Å². The predicted octanol–water partition coefficient (Wildman–Crippen LogP) is 3.49. The number of carboxylic acid groups (broad SMARTS) is 1. The van der Waals surface area contributed by atoms with E-state index in [0.717, 1.165) is 6.07 Å². The third-order valence-corrected chi connectivity index (χ3v) is 4.15. The molecule has 6 rings (SSSR count). The number of hydrogen-bond acceptors (Lipinski definition) is 13. The molecule has 0 aliphatic rings. The van der Waals surface area contributed by atoms with E-state index in [-0.39, 0.29) is 16.7 Å². The number of rotatable bonds is 1. The average molecular weight is 406 g/mol. The van der Waals surface area contributed by atoms with E-state index in [2.05, 4.69) is 9.15 Å². The Labute approximate surface area is 150 Å². The molecule has 2 aromatic carbocycles.